The Hall–Kier alpha value is -1.87. The van der Waals surface area contributed by atoms with Gasteiger partial charge in [-0.15, -0.1) is 10.2 Å². The molecule has 2 aromatic rings. The summed E-state index contributed by atoms with van der Waals surface area (Å²) < 4.78 is 38.1. The molecule has 0 fully saturated rings. The number of rotatable bonds is 5. The molecule has 122 valence electrons. The number of alkyl halides is 3. The number of amides is 1. The molecule has 4 nitrogen and oxygen atoms in total. The SMILES string of the molecule is CCSc1nnc(NC(=O)/C=C/c2ccc(C(F)(F)F)cc2)s1. The van der Waals surface area contributed by atoms with E-state index in [4.69, 9.17) is 0 Å². The van der Waals surface area contributed by atoms with Crippen molar-refractivity contribution in [3.05, 3.63) is 41.5 Å². The number of hydrogen-bond donors (Lipinski definition) is 1. The number of halogens is 3. The average molecular weight is 359 g/mol. The minimum Gasteiger partial charge on any atom is -0.297 e. The molecule has 1 N–H and O–H groups in total. The van der Waals surface area contributed by atoms with Crippen molar-refractivity contribution in [1.29, 1.82) is 0 Å². The van der Waals surface area contributed by atoms with Crippen LogP contribution in [0.1, 0.15) is 18.1 Å². The summed E-state index contributed by atoms with van der Waals surface area (Å²) in [6.45, 7) is 1.98. The van der Waals surface area contributed by atoms with Gasteiger partial charge in [0.15, 0.2) is 4.34 Å². The minimum absolute atomic E-state index is 0.378. The number of carbonyl (C=O) groups excluding carboxylic acids is 1. The highest BCUT2D eigenvalue weighted by molar-refractivity contribution is 8.01. The van der Waals surface area contributed by atoms with E-state index >= 15 is 0 Å². The molecule has 2 rings (SSSR count). The second kappa shape index (κ2) is 7.60. The van der Waals surface area contributed by atoms with E-state index in [0.29, 0.717) is 10.7 Å². The van der Waals surface area contributed by atoms with E-state index in [0.717, 1.165) is 22.2 Å². The molecule has 1 aromatic heterocycles. The van der Waals surface area contributed by atoms with Crippen LogP contribution in [0.4, 0.5) is 18.3 Å². The van der Waals surface area contributed by atoms with Gasteiger partial charge < -0.3 is 0 Å². The van der Waals surface area contributed by atoms with Crippen LogP contribution in [0.15, 0.2) is 34.7 Å². The number of anilines is 1. The van der Waals surface area contributed by atoms with Crippen molar-refractivity contribution < 1.29 is 18.0 Å². The Morgan fingerprint density at radius 3 is 2.61 bits per heavy atom. The van der Waals surface area contributed by atoms with E-state index < -0.39 is 17.6 Å². The van der Waals surface area contributed by atoms with E-state index in [-0.39, 0.29) is 0 Å². The van der Waals surface area contributed by atoms with E-state index in [1.807, 2.05) is 6.92 Å². The van der Waals surface area contributed by atoms with Crippen LogP contribution in [0.25, 0.3) is 6.08 Å². The molecule has 1 heterocycles. The van der Waals surface area contributed by atoms with Crippen molar-refractivity contribution in [3.8, 4) is 0 Å². The lowest BCUT2D eigenvalue weighted by Gasteiger charge is -2.05. The quantitative estimate of drug-likeness (QED) is 0.491. The lowest BCUT2D eigenvalue weighted by atomic mass is 10.1. The van der Waals surface area contributed by atoms with Gasteiger partial charge in [-0.2, -0.15) is 13.2 Å². The van der Waals surface area contributed by atoms with Gasteiger partial charge in [0, 0.05) is 6.08 Å². The predicted molar refractivity (Wildman–Crippen MR) is 85.4 cm³/mol. The first-order chi connectivity index (χ1) is 10.9. The highest BCUT2D eigenvalue weighted by Gasteiger charge is 2.29. The largest absolute Gasteiger partial charge is 0.416 e. The Bertz CT molecular complexity index is 696. The zero-order chi connectivity index (χ0) is 16.9. The van der Waals surface area contributed by atoms with Gasteiger partial charge in [0.25, 0.3) is 0 Å². The molecule has 0 unspecified atom stereocenters. The highest BCUT2D eigenvalue weighted by atomic mass is 32.2. The summed E-state index contributed by atoms with van der Waals surface area (Å²) in [7, 11) is 0. The summed E-state index contributed by atoms with van der Waals surface area (Å²) in [5, 5.41) is 10.7. The molecule has 9 heteroatoms. The fourth-order valence-corrected chi connectivity index (χ4v) is 3.20. The number of nitrogens with one attached hydrogen (secondary N) is 1. The smallest absolute Gasteiger partial charge is 0.297 e. The van der Waals surface area contributed by atoms with Gasteiger partial charge in [-0.1, -0.05) is 42.2 Å². The van der Waals surface area contributed by atoms with Crippen molar-refractivity contribution >= 4 is 40.2 Å². The second-order valence-corrected chi connectivity index (χ2v) is 6.74. The summed E-state index contributed by atoms with van der Waals surface area (Å²) in [5.74, 6) is 0.435. The molecule has 0 bridgehead atoms. The molecule has 1 aromatic carbocycles. The molecule has 0 aliphatic rings. The first-order valence-corrected chi connectivity index (χ1v) is 8.31. The number of nitrogens with zero attached hydrogens (tertiary/aromatic N) is 2. The molecule has 0 saturated heterocycles. The summed E-state index contributed by atoms with van der Waals surface area (Å²) in [6.07, 6.45) is -1.71. The normalized spacial score (nSPS) is 11.8. The van der Waals surface area contributed by atoms with Crippen LogP contribution in [0.2, 0.25) is 0 Å². The fraction of sp³-hybridized carbons (Fsp3) is 0.214. The zero-order valence-corrected chi connectivity index (χ0v) is 13.6. The van der Waals surface area contributed by atoms with Gasteiger partial charge in [0.2, 0.25) is 11.0 Å². The van der Waals surface area contributed by atoms with Crippen LogP contribution in [-0.2, 0) is 11.0 Å². The molecule has 0 aliphatic carbocycles. The third-order valence-electron chi connectivity index (χ3n) is 2.57. The maximum absolute atomic E-state index is 12.4. The first kappa shape index (κ1) is 17.5. The molecule has 1 amide bonds. The van der Waals surface area contributed by atoms with Crippen molar-refractivity contribution in [1.82, 2.24) is 10.2 Å². The van der Waals surface area contributed by atoms with Gasteiger partial charge in [-0.25, -0.2) is 0 Å². The number of benzene rings is 1. The van der Waals surface area contributed by atoms with Gasteiger partial charge in [-0.3, -0.25) is 10.1 Å². The summed E-state index contributed by atoms with van der Waals surface area (Å²) >= 11 is 2.78. The average Bonchev–Trinajstić information content (AvgIpc) is 2.92. The van der Waals surface area contributed by atoms with Crippen LogP contribution < -0.4 is 5.32 Å². The maximum atomic E-state index is 12.4. The Morgan fingerprint density at radius 2 is 2.00 bits per heavy atom. The molecule has 0 aliphatic heterocycles. The van der Waals surface area contributed by atoms with Crippen molar-refractivity contribution in [2.24, 2.45) is 0 Å². The van der Waals surface area contributed by atoms with Crippen LogP contribution >= 0.6 is 23.1 Å². The Morgan fingerprint density at radius 1 is 1.30 bits per heavy atom. The van der Waals surface area contributed by atoms with Crippen LogP contribution in [-0.4, -0.2) is 21.9 Å². The number of hydrogen-bond acceptors (Lipinski definition) is 5. The number of thioether (sulfide) groups is 1. The second-order valence-electron chi connectivity index (χ2n) is 4.25. The third kappa shape index (κ3) is 5.36. The van der Waals surface area contributed by atoms with E-state index in [1.165, 1.54) is 47.4 Å². The Labute approximate surface area is 138 Å². The lowest BCUT2D eigenvalue weighted by Crippen LogP contribution is -2.07. The Kier molecular flexibility index (Phi) is 5.78. The van der Waals surface area contributed by atoms with Gasteiger partial charge in [0.1, 0.15) is 0 Å². The van der Waals surface area contributed by atoms with Crippen LogP contribution in [0.5, 0.6) is 0 Å². The fourth-order valence-electron chi connectivity index (χ4n) is 1.54. The standard InChI is InChI=1S/C14H12F3N3OS2/c1-2-22-13-20-19-12(23-13)18-11(21)8-5-9-3-6-10(7-4-9)14(15,16)17/h3-8H,2H2,1H3,(H,18,19,21)/b8-5+. The van der Waals surface area contributed by atoms with Gasteiger partial charge in [0.05, 0.1) is 5.56 Å². The van der Waals surface area contributed by atoms with Crippen LogP contribution in [0.3, 0.4) is 0 Å². The summed E-state index contributed by atoms with van der Waals surface area (Å²) in [5.41, 5.74) is -0.235. The van der Waals surface area contributed by atoms with Gasteiger partial charge in [-0.05, 0) is 29.5 Å². The van der Waals surface area contributed by atoms with Crippen molar-refractivity contribution in [2.45, 2.75) is 17.4 Å². The number of aromatic nitrogens is 2. The number of carbonyl (C=O) groups is 1. The van der Waals surface area contributed by atoms with E-state index in [9.17, 15) is 18.0 Å². The molecule has 0 spiro atoms. The Balaban J connectivity index is 1.95. The molecular weight excluding hydrogens is 347 g/mol. The first-order valence-electron chi connectivity index (χ1n) is 6.51. The van der Waals surface area contributed by atoms with Crippen molar-refractivity contribution in [2.75, 3.05) is 11.1 Å². The van der Waals surface area contributed by atoms with Crippen molar-refractivity contribution in [3.63, 3.8) is 0 Å². The van der Waals surface area contributed by atoms with E-state index in [2.05, 4.69) is 15.5 Å². The highest BCUT2D eigenvalue weighted by Crippen LogP contribution is 2.29. The topological polar surface area (TPSA) is 54.9 Å². The van der Waals surface area contributed by atoms with E-state index in [1.54, 1.807) is 0 Å². The van der Waals surface area contributed by atoms with Gasteiger partial charge >= 0.3 is 6.18 Å². The maximum Gasteiger partial charge on any atom is 0.416 e. The zero-order valence-electron chi connectivity index (χ0n) is 11.9. The molecular formula is C14H12F3N3OS2. The summed E-state index contributed by atoms with van der Waals surface area (Å²) in [6, 6.07) is 4.54. The molecule has 23 heavy (non-hydrogen) atoms. The predicted octanol–water partition coefficient (Wildman–Crippen LogP) is 4.32. The lowest BCUT2D eigenvalue weighted by molar-refractivity contribution is -0.137. The minimum atomic E-state index is -4.37. The summed E-state index contributed by atoms with van der Waals surface area (Å²) in [4.78, 5) is 11.7. The van der Waals surface area contributed by atoms with Crippen LogP contribution in [0, 0.1) is 0 Å². The third-order valence-corrected chi connectivity index (χ3v) is 4.42. The molecule has 0 atom stereocenters. The molecule has 0 saturated carbocycles. The monoisotopic (exact) mass is 359 g/mol. The molecule has 0 radical (unpaired) electrons.